The van der Waals surface area contributed by atoms with Crippen LogP contribution >= 0.6 is 0 Å². The number of hydrogen-bond donors (Lipinski definition) is 1. The molecule has 0 aliphatic rings. The van der Waals surface area contributed by atoms with Crippen molar-refractivity contribution in [3.63, 3.8) is 0 Å². The van der Waals surface area contributed by atoms with Crippen molar-refractivity contribution >= 4 is 0 Å². The molecule has 0 radical (unpaired) electrons. The molecule has 0 aliphatic carbocycles. The zero-order valence-corrected chi connectivity index (χ0v) is 12.3. The molecule has 1 atom stereocenters. The van der Waals surface area contributed by atoms with Crippen molar-refractivity contribution in [2.24, 2.45) is 0 Å². The zero-order valence-electron chi connectivity index (χ0n) is 12.3. The molecule has 1 aromatic carbocycles. The van der Waals surface area contributed by atoms with Crippen molar-refractivity contribution < 1.29 is 13.5 Å². The van der Waals surface area contributed by atoms with Gasteiger partial charge in [0.05, 0.1) is 7.11 Å². The number of benzene rings is 1. The van der Waals surface area contributed by atoms with Gasteiger partial charge in [-0.2, -0.15) is 0 Å². The largest absolute Gasteiger partial charge is 0.497 e. The standard InChI is InChI=1S/C16H20FNO2/c1-10-7-15(12(3)20-10)11(2)18-9-13-5-6-14(19-4)8-16(13)17/h5-8,11,18H,9H2,1-4H3. The fourth-order valence-electron chi connectivity index (χ4n) is 2.25. The second-order valence-electron chi connectivity index (χ2n) is 4.93. The third-order valence-electron chi connectivity index (χ3n) is 3.40. The predicted octanol–water partition coefficient (Wildman–Crippen LogP) is 3.89. The Morgan fingerprint density at radius 3 is 2.60 bits per heavy atom. The fraction of sp³-hybridized carbons (Fsp3) is 0.375. The van der Waals surface area contributed by atoms with Crippen LogP contribution in [-0.2, 0) is 6.54 Å². The Morgan fingerprint density at radius 2 is 2.05 bits per heavy atom. The van der Waals surface area contributed by atoms with E-state index < -0.39 is 0 Å². The third kappa shape index (κ3) is 3.20. The summed E-state index contributed by atoms with van der Waals surface area (Å²) in [4.78, 5) is 0. The van der Waals surface area contributed by atoms with E-state index in [4.69, 9.17) is 9.15 Å². The van der Waals surface area contributed by atoms with Gasteiger partial charge in [0.2, 0.25) is 0 Å². The zero-order chi connectivity index (χ0) is 14.7. The Bertz CT molecular complexity index is 592. The fourth-order valence-corrected chi connectivity index (χ4v) is 2.25. The van der Waals surface area contributed by atoms with Gasteiger partial charge < -0.3 is 14.5 Å². The summed E-state index contributed by atoms with van der Waals surface area (Å²) in [7, 11) is 1.53. The average molecular weight is 277 g/mol. The molecule has 0 aliphatic heterocycles. The Balaban J connectivity index is 2.03. The van der Waals surface area contributed by atoms with Gasteiger partial charge in [-0.05, 0) is 32.9 Å². The first-order valence-electron chi connectivity index (χ1n) is 6.64. The van der Waals surface area contributed by atoms with Crippen molar-refractivity contribution in [1.82, 2.24) is 5.32 Å². The van der Waals surface area contributed by atoms with Crippen molar-refractivity contribution in [1.29, 1.82) is 0 Å². The van der Waals surface area contributed by atoms with E-state index in [2.05, 4.69) is 5.32 Å². The van der Waals surface area contributed by atoms with E-state index in [0.717, 1.165) is 17.1 Å². The highest BCUT2D eigenvalue weighted by molar-refractivity contribution is 5.29. The Labute approximate surface area is 118 Å². The smallest absolute Gasteiger partial charge is 0.131 e. The summed E-state index contributed by atoms with van der Waals surface area (Å²) in [5.41, 5.74) is 1.73. The van der Waals surface area contributed by atoms with E-state index in [0.29, 0.717) is 17.9 Å². The minimum atomic E-state index is -0.260. The molecule has 0 saturated heterocycles. The number of ether oxygens (including phenoxy) is 1. The molecule has 20 heavy (non-hydrogen) atoms. The Morgan fingerprint density at radius 1 is 1.30 bits per heavy atom. The second-order valence-corrected chi connectivity index (χ2v) is 4.93. The van der Waals surface area contributed by atoms with E-state index in [1.54, 1.807) is 12.1 Å². The molecule has 0 spiro atoms. The highest BCUT2D eigenvalue weighted by Gasteiger charge is 2.13. The van der Waals surface area contributed by atoms with Crippen LogP contribution in [0.2, 0.25) is 0 Å². The van der Waals surface area contributed by atoms with Crippen LogP contribution in [0, 0.1) is 19.7 Å². The molecular formula is C16H20FNO2. The third-order valence-corrected chi connectivity index (χ3v) is 3.40. The maximum atomic E-state index is 13.8. The lowest BCUT2D eigenvalue weighted by Gasteiger charge is -2.14. The molecule has 1 heterocycles. The maximum Gasteiger partial charge on any atom is 0.131 e. The quantitative estimate of drug-likeness (QED) is 0.900. The van der Waals surface area contributed by atoms with E-state index in [1.165, 1.54) is 13.2 Å². The molecular weight excluding hydrogens is 257 g/mol. The lowest BCUT2D eigenvalue weighted by Crippen LogP contribution is -2.19. The van der Waals surface area contributed by atoms with Crippen LogP contribution in [0.15, 0.2) is 28.7 Å². The van der Waals surface area contributed by atoms with E-state index in [-0.39, 0.29) is 11.9 Å². The molecule has 1 N–H and O–H groups in total. The number of rotatable bonds is 5. The average Bonchev–Trinajstić information content (AvgIpc) is 2.76. The van der Waals surface area contributed by atoms with E-state index in [9.17, 15) is 4.39 Å². The van der Waals surface area contributed by atoms with Gasteiger partial charge in [0.1, 0.15) is 23.1 Å². The van der Waals surface area contributed by atoms with Gasteiger partial charge in [-0.15, -0.1) is 0 Å². The highest BCUT2D eigenvalue weighted by atomic mass is 19.1. The number of halogens is 1. The normalized spacial score (nSPS) is 12.4. The monoisotopic (exact) mass is 277 g/mol. The van der Waals surface area contributed by atoms with Gasteiger partial charge in [-0.25, -0.2) is 4.39 Å². The second kappa shape index (κ2) is 6.09. The minimum absolute atomic E-state index is 0.106. The number of aryl methyl sites for hydroxylation is 2. The molecule has 0 saturated carbocycles. The van der Waals surface area contributed by atoms with Gasteiger partial charge in [0, 0.05) is 29.8 Å². The predicted molar refractivity (Wildman–Crippen MR) is 76.4 cm³/mol. The first-order chi connectivity index (χ1) is 9.51. The van der Waals surface area contributed by atoms with Crippen molar-refractivity contribution in [3.05, 3.63) is 52.7 Å². The molecule has 1 aromatic heterocycles. The molecule has 3 nitrogen and oxygen atoms in total. The summed E-state index contributed by atoms with van der Waals surface area (Å²) in [5, 5.41) is 3.31. The number of nitrogens with one attached hydrogen (secondary N) is 1. The molecule has 0 bridgehead atoms. The van der Waals surface area contributed by atoms with E-state index >= 15 is 0 Å². The summed E-state index contributed by atoms with van der Waals surface area (Å²) in [5.74, 6) is 2.06. The van der Waals surface area contributed by atoms with Crippen molar-refractivity contribution in [2.75, 3.05) is 7.11 Å². The topological polar surface area (TPSA) is 34.4 Å². The summed E-state index contributed by atoms with van der Waals surface area (Å²) in [6.07, 6.45) is 0. The first-order valence-corrected chi connectivity index (χ1v) is 6.64. The number of hydrogen-bond acceptors (Lipinski definition) is 3. The van der Waals surface area contributed by atoms with Crippen LogP contribution in [0.5, 0.6) is 5.75 Å². The maximum absolute atomic E-state index is 13.8. The van der Waals surface area contributed by atoms with E-state index in [1.807, 2.05) is 26.8 Å². The van der Waals surface area contributed by atoms with Crippen LogP contribution in [0.25, 0.3) is 0 Å². The number of methoxy groups -OCH3 is 1. The minimum Gasteiger partial charge on any atom is -0.497 e. The number of furan rings is 1. The van der Waals surface area contributed by atoms with Gasteiger partial charge in [0.15, 0.2) is 0 Å². The van der Waals surface area contributed by atoms with Crippen molar-refractivity contribution in [2.45, 2.75) is 33.4 Å². The Kier molecular flexibility index (Phi) is 4.45. The van der Waals surface area contributed by atoms with Gasteiger partial charge in [0.25, 0.3) is 0 Å². The van der Waals surface area contributed by atoms with Crippen LogP contribution in [-0.4, -0.2) is 7.11 Å². The molecule has 0 fully saturated rings. The van der Waals surface area contributed by atoms with Gasteiger partial charge in [-0.1, -0.05) is 6.07 Å². The first kappa shape index (κ1) is 14.6. The molecule has 2 rings (SSSR count). The lowest BCUT2D eigenvalue weighted by molar-refractivity contribution is 0.410. The van der Waals surface area contributed by atoms with Crippen LogP contribution in [0.4, 0.5) is 4.39 Å². The summed E-state index contributed by atoms with van der Waals surface area (Å²) < 4.78 is 24.3. The molecule has 0 amide bonds. The Hall–Kier alpha value is -1.81. The SMILES string of the molecule is COc1ccc(CNC(C)c2cc(C)oc2C)c(F)c1. The van der Waals surface area contributed by atoms with Crippen LogP contribution < -0.4 is 10.1 Å². The molecule has 4 heteroatoms. The summed E-state index contributed by atoms with van der Waals surface area (Å²) in [6, 6.07) is 7.01. The summed E-state index contributed by atoms with van der Waals surface area (Å²) >= 11 is 0. The van der Waals surface area contributed by atoms with Gasteiger partial charge >= 0.3 is 0 Å². The highest BCUT2D eigenvalue weighted by Crippen LogP contribution is 2.22. The molecule has 1 unspecified atom stereocenters. The lowest BCUT2D eigenvalue weighted by atomic mass is 10.1. The molecule has 2 aromatic rings. The molecule has 108 valence electrons. The van der Waals surface area contributed by atoms with Gasteiger partial charge in [-0.3, -0.25) is 0 Å². The summed E-state index contributed by atoms with van der Waals surface area (Å²) in [6.45, 7) is 6.36. The van der Waals surface area contributed by atoms with Crippen LogP contribution in [0.3, 0.4) is 0 Å². The van der Waals surface area contributed by atoms with Crippen molar-refractivity contribution in [3.8, 4) is 5.75 Å². The van der Waals surface area contributed by atoms with Crippen LogP contribution in [0.1, 0.15) is 35.6 Å².